The molecule has 3 aromatic heterocycles. The number of pyridine rings is 3. The van der Waals surface area contributed by atoms with E-state index in [9.17, 15) is 21.6 Å². The van der Waals surface area contributed by atoms with Crippen LogP contribution in [0.3, 0.4) is 0 Å². The van der Waals surface area contributed by atoms with Crippen molar-refractivity contribution in [3.8, 4) is 106 Å². The van der Waals surface area contributed by atoms with Crippen LogP contribution in [0.25, 0.3) is 101 Å². The lowest BCUT2D eigenvalue weighted by Crippen LogP contribution is -2.28. The first-order valence-electron chi connectivity index (χ1n) is 21.6. The van der Waals surface area contributed by atoms with Gasteiger partial charge in [0, 0.05) is 52.0 Å². The highest BCUT2D eigenvalue weighted by Gasteiger charge is 2.48. The number of hydrogen-bond donors (Lipinski definition) is 0. The van der Waals surface area contributed by atoms with Gasteiger partial charge in [-0.1, -0.05) is 164 Å². The fourth-order valence-electron chi connectivity index (χ4n) is 8.32. The Bertz CT molecular complexity index is 3370. The van der Waals surface area contributed by atoms with Crippen LogP contribution >= 0.6 is 0 Å². The van der Waals surface area contributed by atoms with Gasteiger partial charge >= 0.3 is 15.6 Å². The third-order valence-corrected chi connectivity index (χ3v) is 12.6. The molecule has 10 aromatic rings. The second kappa shape index (κ2) is 18.4. The van der Waals surface area contributed by atoms with Crippen LogP contribution < -0.4 is 4.18 Å². The fourth-order valence-corrected chi connectivity index (χ4v) is 8.78. The van der Waals surface area contributed by atoms with Gasteiger partial charge in [-0.2, -0.15) is 21.6 Å². The molecule has 7 aromatic carbocycles. The van der Waals surface area contributed by atoms with Gasteiger partial charge in [-0.15, -0.1) is 0 Å². The maximum atomic E-state index is 13.1. The summed E-state index contributed by atoms with van der Waals surface area (Å²) < 4.78 is 67.1. The smallest absolute Gasteiger partial charge is 0.376 e. The van der Waals surface area contributed by atoms with E-state index in [-0.39, 0.29) is 0 Å². The van der Waals surface area contributed by atoms with Gasteiger partial charge in [-0.05, 0) is 98.6 Å². The van der Waals surface area contributed by atoms with Crippen molar-refractivity contribution in [3.63, 3.8) is 0 Å². The molecule has 0 aliphatic rings. The molecule has 0 fully saturated rings. The second-order valence-corrected chi connectivity index (χ2v) is 17.5. The lowest BCUT2D eigenvalue weighted by molar-refractivity contribution is -0.0500. The van der Waals surface area contributed by atoms with Crippen LogP contribution in [0.5, 0.6) is 5.75 Å². The highest BCUT2D eigenvalue weighted by atomic mass is 32.2. The SMILES string of the molecule is O=S(=O)(Oc1cccc(-c2ccc(-c3ccccc3-c3cc(-c4ccccc4-c4ccc(-c5ccccc5)nc4)cc(-c4ccccc4-c4ccc(-c5ccccc5)nc4)c3)cn2)c1)C(F)(F)F. The molecule has 10 heteroatoms. The van der Waals surface area contributed by atoms with E-state index in [0.29, 0.717) is 11.3 Å². The monoisotopic (exact) mass is 913 g/mol. The molecule has 68 heavy (non-hydrogen) atoms. The zero-order valence-electron chi connectivity index (χ0n) is 36.0. The molecule has 10 rings (SSSR count). The van der Waals surface area contributed by atoms with Crippen molar-refractivity contribution in [3.05, 3.63) is 231 Å². The molecule has 0 unspecified atom stereocenters. The van der Waals surface area contributed by atoms with Crippen LogP contribution in [0.1, 0.15) is 0 Å². The van der Waals surface area contributed by atoms with Crippen LogP contribution in [-0.4, -0.2) is 28.9 Å². The Labute approximate surface area is 391 Å². The molecule has 330 valence electrons. The van der Waals surface area contributed by atoms with Crippen LogP contribution in [0.15, 0.2) is 231 Å². The third-order valence-electron chi connectivity index (χ3n) is 11.6. The number of halogens is 3. The highest BCUT2D eigenvalue weighted by molar-refractivity contribution is 7.88. The molecule has 6 nitrogen and oxygen atoms in total. The first-order chi connectivity index (χ1) is 33.1. The van der Waals surface area contributed by atoms with Gasteiger partial charge < -0.3 is 4.18 Å². The predicted molar refractivity (Wildman–Crippen MR) is 264 cm³/mol. The van der Waals surface area contributed by atoms with Gasteiger partial charge in [-0.3, -0.25) is 15.0 Å². The van der Waals surface area contributed by atoms with Crippen LogP contribution in [-0.2, 0) is 10.1 Å². The lowest BCUT2D eigenvalue weighted by atomic mass is 9.86. The summed E-state index contributed by atoms with van der Waals surface area (Å²) in [6.07, 6.45) is 5.54. The summed E-state index contributed by atoms with van der Waals surface area (Å²) in [5.41, 5.74) is 10.7. The van der Waals surface area contributed by atoms with Gasteiger partial charge in [0.1, 0.15) is 5.75 Å². The van der Waals surface area contributed by atoms with Crippen molar-refractivity contribution in [2.75, 3.05) is 0 Å². The molecular weight excluding hydrogens is 876 g/mol. The molecule has 0 N–H and O–H groups in total. The van der Waals surface area contributed by atoms with E-state index in [1.165, 1.54) is 12.1 Å². The zero-order valence-corrected chi connectivity index (χ0v) is 36.9. The first-order valence-corrected chi connectivity index (χ1v) is 23.0. The highest BCUT2D eigenvalue weighted by Crippen LogP contribution is 2.42. The van der Waals surface area contributed by atoms with Gasteiger partial charge in [0.2, 0.25) is 0 Å². The number of benzene rings is 7. The Hall–Kier alpha value is -8.47. The maximum Gasteiger partial charge on any atom is 0.534 e. The van der Waals surface area contributed by atoms with E-state index in [4.69, 9.17) is 9.97 Å². The zero-order chi connectivity index (χ0) is 46.7. The van der Waals surface area contributed by atoms with Crippen LogP contribution in [0.2, 0.25) is 0 Å². The van der Waals surface area contributed by atoms with E-state index >= 15 is 0 Å². The minimum atomic E-state index is -5.85. The normalized spacial score (nSPS) is 11.6. The predicted octanol–water partition coefficient (Wildman–Crippen LogP) is 15.1. The van der Waals surface area contributed by atoms with Gasteiger partial charge in [-0.25, -0.2) is 0 Å². The van der Waals surface area contributed by atoms with Crippen molar-refractivity contribution >= 4 is 10.1 Å². The van der Waals surface area contributed by atoms with E-state index in [1.807, 2.05) is 122 Å². The summed E-state index contributed by atoms with van der Waals surface area (Å²) >= 11 is 0. The van der Waals surface area contributed by atoms with Crippen molar-refractivity contribution < 1.29 is 25.8 Å². The molecule has 3 heterocycles. The lowest BCUT2D eigenvalue weighted by Gasteiger charge is -2.18. The molecule has 0 bridgehead atoms. The minimum Gasteiger partial charge on any atom is -0.376 e. The van der Waals surface area contributed by atoms with E-state index in [2.05, 4.69) is 82.0 Å². The Balaban J connectivity index is 1.08. The van der Waals surface area contributed by atoms with Crippen molar-refractivity contribution in [2.24, 2.45) is 0 Å². The number of nitrogens with zero attached hydrogens (tertiary/aromatic N) is 3. The number of aromatic nitrogens is 3. The Morgan fingerprint density at radius 2 is 0.647 bits per heavy atom. The van der Waals surface area contributed by atoms with E-state index in [1.54, 1.807) is 18.3 Å². The third kappa shape index (κ3) is 9.05. The summed E-state index contributed by atoms with van der Waals surface area (Å²) in [5.74, 6) is -0.476. The van der Waals surface area contributed by atoms with E-state index < -0.39 is 21.4 Å². The van der Waals surface area contributed by atoms with E-state index in [0.717, 1.165) is 95.3 Å². The summed E-state index contributed by atoms with van der Waals surface area (Å²) in [7, 11) is -5.85. The summed E-state index contributed by atoms with van der Waals surface area (Å²) in [4.78, 5) is 14.4. The summed E-state index contributed by atoms with van der Waals surface area (Å²) in [6, 6.07) is 68.9. The van der Waals surface area contributed by atoms with Gasteiger partial charge in [0.25, 0.3) is 0 Å². The van der Waals surface area contributed by atoms with Crippen LogP contribution in [0.4, 0.5) is 13.2 Å². The Morgan fingerprint density at radius 1 is 0.324 bits per heavy atom. The Morgan fingerprint density at radius 3 is 0.985 bits per heavy atom. The second-order valence-electron chi connectivity index (χ2n) is 16.0. The summed E-state index contributed by atoms with van der Waals surface area (Å²) in [5, 5.41) is 0. The largest absolute Gasteiger partial charge is 0.534 e. The van der Waals surface area contributed by atoms with Crippen molar-refractivity contribution in [2.45, 2.75) is 5.51 Å². The molecule has 0 aliphatic heterocycles. The number of alkyl halides is 3. The molecule has 0 aliphatic carbocycles. The molecule has 0 radical (unpaired) electrons. The van der Waals surface area contributed by atoms with Crippen LogP contribution in [0, 0.1) is 0 Å². The fraction of sp³-hybridized carbons (Fsp3) is 0.0172. The molecule has 0 spiro atoms. The number of hydrogen-bond acceptors (Lipinski definition) is 6. The minimum absolute atomic E-state index is 0.379. The summed E-state index contributed by atoms with van der Waals surface area (Å²) in [6.45, 7) is 0. The quantitative estimate of drug-likeness (QED) is 0.0950. The van der Waals surface area contributed by atoms with Crippen molar-refractivity contribution in [1.82, 2.24) is 15.0 Å². The molecular formula is C58H38F3N3O3S. The molecule has 0 amide bonds. The molecule has 0 atom stereocenters. The first kappa shape index (κ1) is 43.4. The Kier molecular flexibility index (Phi) is 11.8. The number of rotatable bonds is 11. The molecule has 0 saturated carbocycles. The maximum absolute atomic E-state index is 13.1. The van der Waals surface area contributed by atoms with Gasteiger partial charge in [0.05, 0.1) is 17.1 Å². The van der Waals surface area contributed by atoms with Crippen molar-refractivity contribution in [1.29, 1.82) is 0 Å². The average molecular weight is 914 g/mol. The average Bonchev–Trinajstić information content (AvgIpc) is 3.39. The topological polar surface area (TPSA) is 82.0 Å². The standard InChI is InChI=1S/C58H38F3N3O3S/c59-58(60,61)68(65,66)67-48-19-13-18-41(35-48)57-31-28-44(38-64-57)51-22-9-12-25-54(51)47-33-45(52-23-10-7-20-49(52)42-26-29-55(62-36-42)39-14-3-1-4-15-39)32-46(34-47)53-24-11-8-21-50(53)43-27-30-56(63-37-43)40-16-5-2-6-17-40/h1-38H. The molecule has 0 saturated heterocycles. The van der Waals surface area contributed by atoms with Gasteiger partial charge in [0.15, 0.2) is 0 Å².